The van der Waals surface area contributed by atoms with Crippen LogP contribution in [-0.2, 0) is 4.79 Å². The van der Waals surface area contributed by atoms with Crippen molar-refractivity contribution in [3.63, 3.8) is 0 Å². The third-order valence-electron chi connectivity index (χ3n) is 9.24. The Morgan fingerprint density at radius 1 is 0.426 bits per heavy atom. The van der Waals surface area contributed by atoms with Crippen molar-refractivity contribution in [2.45, 2.75) is 0 Å². The summed E-state index contributed by atoms with van der Waals surface area (Å²) in [6.07, 6.45) is 0. The molecule has 0 heterocycles. The second-order valence-electron chi connectivity index (χ2n) is 12.1. The van der Waals surface area contributed by atoms with Gasteiger partial charge in [-0.15, -0.1) is 0 Å². The first kappa shape index (κ1) is 27.0. The molecule has 0 atom stereocenters. The number of rotatable bonds is 7. The first-order chi connectivity index (χ1) is 22.9. The molecule has 0 spiro atoms. The quantitative estimate of drug-likeness (QED) is 0.144. The van der Waals surface area contributed by atoms with E-state index >= 15 is 0 Å². The SMILES string of the molecule is O=C(O)COc1cc(C(=O)c2cc3ccc4cccc5ccc(c2)c3c45)cc(C(=O)c2cc3ccc4cccc5ccc(c2)c3c45)c1. The van der Waals surface area contributed by atoms with E-state index < -0.39 is 12.6 Å². The van der Waals surface area contributed by atoms with E-state index in [2.05, 4.69) is 48.5 Å². The minimum atomic E-state index is -1.16. The summed E-state index contributed by atoms with van der Waals surface area (Å²) in [4.78, 5) is 39.6. The van der Waals surface area contributed by atoms with Gasteiger partial charge in [0.15, 0.2) is 18.2 Å². The number of ether oxygens (including phenoxy) is 1. The molecule has 0 saturated carbocycles. The van der Waals surface area contributed by atoms with Crippen molar-refractivity contribution in [2.24, 2.45) is 0 Å². The molecule has 0 aliphatic rings. The van der Waals surface area contributed by atoms with Crippen molar-refractivity contribution in [3.8, 4) is 5.75 Å². The normalized spacial score (nSPS) is 11.8. The highest BCUT2D eigenvalue weighted by atomic mass is 16.5. The van der Waals surface area contributed by atoms with Gasteiger partial charge in [-0.2, -0.15) is 0 Å². The zero-order valence-electron chi connectivity index (χ0n) is 24.9. The van der Waals surface area contributed by atoms with Crippen LogP contribution in [0.2, 0.25) is 0 Å². The summed E-state index contributed by atoms with van der Waals surface area (Å²) < 4.78 is 5.54. The Hall–Kier alpha value is -6.33. The first-order valence-electron chi connectivity index (χ1n) is 15.4. The summed E-state index contributed by atoms with van der Waals surface area (Å²) >= 11 is 0. The third-order valence-corrected chi connectivity index (χ3v) is 9.24. The van der Waals surface area contributed by atoms with Gasteiger partial charge in [-0.1, -0.05) is 84.9 Å². The highest BCUT2D eigenvalue weighted by molar-refractivity contribution is 6.26. The fourth-order valence-electron chi connectivity index (χ4n) is 7.19. The zero-order valence-corrected chi connectivity index (χ0v) is 24.9. The van der Waals surface area contributed by atoms with Gasteiger partial charge >= 0.3 is 5.97 Å². The van der Waals surface area contributed by atoms with Gasteiger partial charge in [0.1, 0.15) is 5.75 Å². The monoisotopic (exact) mass is 608 g/mol. The molecule has 1 N–H and O–H groups in total. The average Bonchev–Trinajstić information content (AvgIpc) is 3.11. The van der Waals surface area contributed by atoms with Gasteiger partial charge < -0.3 is 9.84 Å². The molecule has 47 heavy (non-hydrogen) atoms. The zero-order chi connectivity index (χ0) is 31.8. The maximum absolute atomic E-state index is 14.1. The Labute approximate surface area is 267 Å². The molecular weight excluding hydrogens is 584 g/mol. The van der Waals surface area contributed by atoms with Crippen LogP contribution in [0.1, 0.15) is 31.8 Å². The summed E-state index contributed by atoms with van der Waals surface area (Å²) in [7, 11) is 0. The van der Waals surface area contributed by atoms with Gasteiger partial charge in [0.2, 0.25) is 0 Å². The molecule has 0 saturated heterocycles. The van der Waals surface area contributed by atoms with E-state index in [1.165, 1.54) is 12.1 Å². The van der Waals surface area contributed by atoms with Gasteiger partial charge in [0.05, 0.1) is 0 Å². The Bertz CT molecular complexity index is 2450. The van der Waals surface area contributed by atoms with Crippen LogP contribution in [0.3, 0.4) is 0 Å². The average molecular weight is 609 g/mol. The fourth-order valence-corrected chi connectivity index (χ4v) is 7.19. The number of ketones is 2. The summed E-state index contributed by atoms with van der Waals surface area (Å²) in [6.45, 7) is -0.605. The van der Waals surface area contributed by atoms with Crippen molar-refractivity contribution in [2.75, 3.05) is 6.61 Å². The van der Waals surface area contributed by atoms with Crippen LogP contribution in [0.5, 0.6) is 5.75 Å². The van der Waals surface area contributed by atoms with Gasteiger partial charge in [0.25, 0.3) is 0 Å². The minimum Gasteiger partial charge on any atom is -0.482 e. The van der Waals surface area contributed by atoms with Gasteiger partial charge in [-0.25, -0.2) is 4.79 Å². The molecule has 0 fully saturated rings. The number of carbonyl (C=O) groups is 3. The molecule has 0 aliphatic carbocycles. The van der Waals surface area contributed by atoms with Crippen molar-refractivity contribution in [3.05, 3.63) is 150 Å². The molecule has 0 unspecified atom stereocenters. The summed E-state index contributed by atoms with van der Waals surface area (Å²) in [6, 6.07) is 40.8. The molecule has 9 aromatic rings. The predicted octanol–water partition coefficient (Wildman–Crippen LogP) is 9.41. The summed E-state index contributed by atoms with van der Waals surface area (Å²) in [5.74, 6) is -1.60. The van der Waals surface area contributed by atoms with Crippen LogP contribution < -0.4 is 4.74 Å². The Balaban J connectivity index is 1.16. The van der Waals surface area contributed by atoms with E-state index in [1.54, 1.807) is 6.07 Å². The molecule has 9 rings (SSSR count). The lowest BCUT2D eigenvalue weighted by Gasteiger charge is -2.14. The number of aliphatic carboxylic acids is 1. The maximum Gasteiger partial charge on any atom is 0.341 e. The Kier molecular flexibility index (Phi) is 5.80. The maximum atomic E-state index is 14.1. The Morgan fingerprint density at radius 2 is 0.745 bits per heavy atom. The van der Waals surface area contributed by atoms with Crippen LogP contribution in [0.15, 0.2) is 127 Å². The number of hydrogen-bond donors (Lipinski definition) is 1. The van der Waals surface area contributed by atoms with E-state index in [4.69, 9.17) is 4.74 Å². The molecule has 5 nitrogen and oxygen atoms in total. The van der Waals surface area contributed by atoms with Crippen LogP contribution in [0.25, 0.3) is 64.6 Å². The van der Waals surface area contributed by atoms with E-state index in [0.717, 1.165) is 64.6 Å². The van der Waals surface area contributed by atoms with Gasteiger partial charge in [-0.05, 0) is 107 Å². The fraction of sp³-hybridized carbons (Fsp3) is 0.0238. The molecule has 0 radical (unpaired) electrons. The second-order valence-corrected chi connectivity index (χ2v) is 12.1. The molecule has 222 valence electrons. The second kappa shape index (κ2) is 10.1. The smallest absolute Gasteiger partial charge is 0.341 e. The molecule has 0 amide bonds. The topological polar surface area (TPSA) is 80.7 Å². The number of carbonyl (C=O) groups excluding carboxylic acids is 2. The predicted molar refractivity (Wildman–Crippen MR) is 187 cm³/mol. The molecule has 0 aliphatic heterocycles. The summed E-state index contributed by atoms with van der Waals surface area (Å²) in [5, 5.41) is 22.1. The third kappa shape index (κ3) is 4.28. The minimum absolute atomic E-state index is 0.136. The Morgan fingerprint density at radius 3 is 1.11 bits per heavy atom. The largest absolute Gasteiger partial charge is 0.482 e. The molecule has 0 aromatic heterocycles. The lowest BCUT2D eigenvalue weighted by molar-refractivity contribution is -0.139. The highest BCUT2D eigenvalue weighted by Crippen LogP contribution is 2.37. The lowest BCUT2D eigenvalue weighted by atomic mass is 9.90. The van der Waals surface area contributed by atoms with Crippen molar-refractivity contribution >= 4 is 82.2 Å². The van der Waals surface area contributed by atoms with Gasteiger partial charge in [-0.3, -0.25) is 9.59 Å². The van der Waals surface area contributed by atoms with Crippen LogP contribution in [0.4, 0.5) is 0 Å². The van der Waals surface area contributed by atoms with Crippen molar-refractivity contribution in [1.29, 1.82) is 0 Å². The van der Waals surface area contributed by atoms with E-state index in [1.807, 2.05) is 60.7 Å². The van der Waals surface area contributed by atoms with E-state index in [0.29, 0.717) is 11.1 Å². The van der Waals surface area contributed by atoms with E-state index in [-0.39, 0.29) is 28.4 Å². The van der Waals surface area contributed by atoms with Crippen LogP contribution >= 0.6 is 0 Å². The molecule has 0 bridgehead atoms. The van der Waals surface area contributed by atoms with Crippen molar-refractivity contribution < 1.29 is 24.2 Å². The standard InChI is InChI=1S/C42H24O5/c43-36(44)22-47-35-20-33(41(45)31-15-27-11-7-23-3-1-4-24-8-12-28(16-31)39(27)37(23)24)19-34(21-35)42(46)32-17-29-13-9-25-5-2-6-26-10-14-30(18-32)40(29)38(25)26/h1-21H,22H2,(H,43,44). The summed E-state index contributed by atoms with van der Waals surface area (Å²) in [5.41, 5.74) is 1.41. The number of benzene rings is 9. The van der Waals surface area contributed by atoms with Crippen LogP contribution in [0, 0.1) is 0 Å². The van der Waals surface area contributed by atoms with Crippen LogP contribution in [-0.4, -0.2) is 29.2 Å². The number of carboxylic acids is 1. The molecule has 9 aromatic carbocycles. The molecule has 5 heteroatoms. The van der Waals surface area contributed by atoms with Crippen molar-refractivity contribution in [1.82, 2.24) is 0 Å². The lowest BCUT2D eigenvalue weighted by Crippen LogP contribution is -2.12. The first-order valence-corrected chi connectivity index (χ1v) is 15.4. The van der Waals surface area contributed by atoms with Gasteiger partial charge in [0, 0.05) is 22.3 Å². The number of carboxylic acid groups (broad SMARTS) is 1. The molecular formula is C42H24O5. The number of hydrogen-bond acceptors (Lipinski definition) is 4. The highest BCUT2D eigenvalue weighted by Gasteiger charge is 2.20. The van der Waals surface area contributed by atoms with E-state index in [9.17, 15) is 19.5 Å².